The van der Waals surface area contributed by atoms with Gasteiger partial charge in [0.05, 0.1) is 5.25 Å². The van der Waals surface area contributed by atoms with Gasteiger partial charge < -0.3 is 10.4 Å². The van der Waals surface area contributed by atoms with Crippen LogP contribution >= 0.6 is 11.8 Å². The lowest BCUT2D eigenvalue weighted by Crippen LogP contribution is -2.22. The predicted molar refractivity (Wildman–Crippen MR) is 82.0 cm³/mol. The maximum Gasteiger partial charge on any atom is 0.328 e. The molecule has 0 bridgehead atoms. The first-order valence-electron chi connectivity index (χ1n) is 6.50. The second-order valence-corrected chi connectivity index (χ2v) is 6.04. The van der Waals surface area contributed by atoms with Crippen LogP contribution in [0.15, 0.2) is 24.3 Å². The minimum Gasteiger partial charge on any atom is -0.478 e. The minimum absolute atomic E-state index is 0.0320. The van der Waals surface area contributed by atoms with Gasteiger partial charge >= 0.3 is 5.97 Å². The molecule has 0 aliphatic carbocycles. The monoisotopic (exact) mass is 291 g/mol. The molecule has 1 heterocycles. The molecule has 1 fully saturated rings. The van der Waals surface area contributed by atoms with E-state index in [0.717, 1.165) is 35.8 Å². The minimum atomic E-state index is -0.985. The maximum absolute atomic E-state index is 12.0. The summed E-state index contributed by atoms with van der Waals surface area (Å²) in [5.74, 6) is 0.0872. The van der Waals surface area contributed by atoms with Crippen molar-refractivity contribution in [2.45, 2.75) is 25.0 Å². The molecule has 106 valence electrons. The molecule has 0 radical (unpaired) electrons. The van der Waals surface area contributed by atoms with E-state index in [9.17, 15) is 9.59 Å². The van der Waals surface area contributed by atoms with Gasteiger partial charge in [0.15, 0.2) is 0 Å². The lowest BCUT2D eigenvalue weighted by Gasteiger charge is -2.11. The van der Waals surface area contributed by atoms with E-state index in [-0.39, 0.29) is 11.2 Å². The molecule has 2 N–H and O–H groups in total. The van der Waals surface area contributed by atoms with Gasteiger partial charge in [0.1, 0.15) is 0 Å². The number of carboxylic acid groups (broad SMARTS) is 1. The van der Waals surface area contributed by atoms with E-state index in [2.05, 4.69) is 5.32 Å². The van der Waals surface area contributed by atoms with Crippen LogP contribution in [0.5, 0.6) is 0 Å². The molecule has 1 aliphatic rings. The number of aryl methyl sites for hydroxylation is 1. The van der Waals surface area contributed by atoms with E-state index in [1.807, 2.05) is 19.1 Å². The number of benzene rings is 1. The van der Waals surface area contributed by atoms with Crippen molar-refractivity contribution in [2.24, 2.45) is 0 Å². The zero-order valence-corrected chi connectivity index (χ0v) is 12.1. The van der Waals surface area contributed by atoms with E-state index in [0.29, 0.717) is 5.69 Å². The van der Waals surface area contributed by atoms with Gasteiger partial charge in [0.2, 0.25) is 5.91 Å². The first-order chi connectivity index (χ1) is 9.56. The summed E-state index contributed by atoms with van der Waals surface area (Å²) in [6.07, 6.45) is 4.65. The molecular weight excluding hydrogens is 274 g/mol. The third-order valence-electron chi connectivity index (χ3n) is 3.17. The van der Waals surface area contributed by atoms with E-state index in [1.165, 1.54) is 6.08 Å². The molecule has 2 rings (SSSR count). The zero-order valence-electron chi connectivity index (χ0n) is 11.3. The summed E-state index contributed by atoms with van der Waals surface area (Å²) in [5, 5.41) is 11.6. The van der Waals surface area contributed by atoms with Crippen molar-refractivity contribution in [3.63, 3.8) is 0 Å². The average Bonchev–Trinajstić information content (AvgIpc) is 2.93. The second-order valence-electron chi connectivity index (χ2n) is 4.73. The fourth-order valence-corrected chi connectivity index (χ4v) is 3.23. The fourth-order valence-electron chi connectivity index (χ4n) is 2.07. The SMILES string of the molecule is Cc1ccc(NC(=O)C2CCCS2)cc1C=CC(=O)O. The molecule has 0 saturated carbocycles. The topological polar surface area (TPSA) is 66.4 Å². The van der Waals surface area contributed by atoms with Crippen molar-refractivity contribution < 1.29 is 14.7 Å². The number of hydrogen-bond acceptors (Lipinski definition) is 3. The molecule has 20 heavy (non-hydrogen) atoms. The number of carbonyl (C=O) groups excluding carboxylic acids is 1. The summed E-state index contributed by atoms with van der Waals surface area (Å²) in [6.45, 7) is 1.90. The Balaban J connectivity index is 2.10. The highest BCUT2D eigenvalue weighted by Gasteiger charge is 2.23. The predicted octanol–water partition coefficient (Wildman–Crippen LogP) is 2.93. The van der Waals surface area contributed by atoms with Crippen LogP contribution in [0.2, 0.25) is 0 Å². The Morgan fingerprint density at radius 3 is 2.90 bits per heavy atom. The zero-order chi connectivity index (χ0) is 14.5. The van der Waals surface area contributed by atoms with Crippen molar-refractivity contribution in [3.8, 4) is 0 Å². The number of amides is 1. The quantitative estimate of drug-likeness (QED) is 0.837. The highest BCUT2D eigenvalue weighted by molar-refractivity contribution is 8.00. The maximum atomic E-state index is 12.0. The standard InChI is InChI=1S/C15H17NO3S/c1-10-4-6-12(9-11(10)5-7-14(17)18)16-15(19)13-3-2-8-20-13/h4-7,9,13H,2-3,8H2,1H3,(H,16,19)(H,17,18). The Bertz CT molecular complexity index is 548. The van der Waals surface area contributed by atoms with Gasteiger partial charge in [-0.3, -0.25) is 4.79 Å². The molecule has 4 nitrogen and oxygen atoms in total. The number of carboxylic acids is 1. The number of thioether (sulfide) groups is 1. The van der Waals surface area contributed by atoms with E-state index in [1.54, 1.807) is 17.8 Å². The number of aliphatic carboxylic acids is 1. The first kappa shape index (κ1) is 14.7. The molecular formula is C15H17NO3S. The third-order valence-corrected chi connectivity index (χ3v) is 4.55. The number of rotatable bonds is 4. The summed E-state index contributed by atoms with van der Waals surface area (Å²) in [6, 6.07) is 5.51. The van der Waals surface area contributed by atoms with E-state index >= 15 is 0 Å². The summed E-state index contributed by atoms with van der Waals surface area (Å²) in [5.41, 5.74) is 2.47. The number of nitrogens with one attached hydrogen (secondary N) is 1. The number of hydrogen-bond donors (Lipinski definition) is 2. The molecule has 0 aromatic heterocycles. The second kappa shape index (κ2) is 6.61. The van der Waals surface area contributed by atoms with Gasteiger partial charge in [-0.05, 0) is 54.9 Å². The smallest absolute Gasteiger partial charge is 0.328 e. The Hall–Kier alpha value is -1.75. The van der Waals surface area contributed by atoms with Gasteiger partial charge in [-0.15, -0.1) is 11.8 Å². The molecule has 5 heteroatoms. The molecule has 1 saturated heterocycles. The summed E-state index contributed by atoms with van der Waals surface area (Å²) < 4.78 is 0. The van der Waals surface area contributed by atoms with Crippen LogP contribution in [0.1, 0.15) is 24.0 Å². The highest BCUT2D eigenvalue weighted by Crippen LogP contribution is 2.27. The number of carbonyl (C=O) groups is 2. The summed E-state index contributed by atoms with van der Waals surface area (Å²) in [4.78, 5) is 22.6. The van der Waals surface area contributed by atoms with Crippen molar-refractivity contribution in [1.29, 1.82) is 0 Å². The normalized spacial score (nSPS) is 18.4. The summed E-state index contributed by atoms with van der Waals surface area (Å²) in [7, 11) is 0. The van der Waals surface area contributed by atoms with Gasteiger partial charge in [-0.2, -0.15) is 0 Å². The average molecular weight is 291 g/mol. The Kier molecular flexibility index (Phi) is 4.84. The Labute approximate surface area is 122 Å². The van der Waals surface area contributed by atoms with Gasteiger partial charge in [-0.25, -0.2) is 4.79 Å². The lowest BCUT2D eigenvalue weighted by atomic mass is 10.1. The van der Waals surface area contributed by atoms with Crippen LogP contribution in [0.25, 0.3) is 6.08 Å². The largest absolute Gasteiger partial charge is 0.478 e. The van der Waals surface area contributed by atoms with Gasteiger partial charge in [0.25, 0.3) is 0 Å². The molecule has 1 atom stereocenters. The molecule has 1 amide bonds. The lowest BCUT2D eigenvalue weighted by molar-refractivity contribution is -0.131. The van der Waals surface area contributed by atoms with Crippen LogP contribution in [-0.4, -0.2) is 28.0 Å². The number of anilines is 1. The van der Waals surface area contributed by atoms with Crippen LogP contribution in [-0.2, 0) is 9.59 Å². The third kappa shape index (κ3) is 3.87. The Morgan fingerprint density at radius 1 is 1.45 bits per heavy atom. The van der Waals surface area contributed by atoms with Crippen molar-refractivity contribution in [2.75, 3.05) is 11.1 Å². The van der Waals surface area contributed by atoms with Crippen molar-refractivity contribution in [3.05, 3.63) is 35.4 Å². The van der Waals surface area contributed by atoms with Crippen molar-refractivity contribution >= 4 is 35.4 Å². The molecule has 1 aromatic rings. The van der Waals surface area contributed by atoms with E-state index in [4.69, 9.17) is 5.11 Å². The highest BCUT2D eigenvalue weighted by atomic mass is 32.2. The van der Waals surface area contributed by atoms with Gasteiger partial charge in [0, 0.05) is 11.8 Å². The molecule has 1 aromatic carbocycles. The molecule has 0 spiro atoms. The van der Waals surface area contributed by atoms with Crippen LogP contribution in [0.4, 0.5) is 5.69 Å². The molecule has 1 aliphatic heterocycles. The molecule has 1 unspecified atom stereocenters. The van der Waals surface area contributed by atoms with Crippen LogP contribution in [0, 0.1) is 6.92 Å². The van der Waals surface area contributed by atoms with Crippen molar-refractivity contribution in [1.82, 2.24) is 0 Å². The van der Waals surface area contributed by atoms with E-state index < -0.39 is 5.97 Å². The van der Waals surface area contributed by atoms with Gasteiger partial charge in [-0.1, -0.05) is 6.07 Å². The summed E-state index contributed by atoms with van der Waals surface area (Å²) >= 11 is 1.69. The first-order valence-corrected chi connectivity index (χ1v) is 7.55. The Morgan fingerprint density at radius 2 is 2.25 bits per heavy atom. The fraction of sp³-hybridized carbons (Fsp3) is 0.333. The van der Waals surface area contributed by atoms with Crippen LogP contribution in [0.3, 0.4) is 0 Å². The van der Waals surface area contributed by atoms with Crippen LogP contribution < -0.4 is 5.32 Å².